The predicted octanol–water partition coefficient (Wildman–Crippen LogP) is 0.629. The van der Waals surface area contributed by atoms with Gasteiger partial charge in [-0.1, -0.05) is 0 Å². The van der Waals surface area contributed by atoms with Crippen LogP contribution in [0.25, 0.3) is 0 Å². The van der Waals surface area contributed by atoms with Crippen molar-refractivity contribution in [1.82, 2.24) is 5.32 Å². The molecule has 1 atom stereocenters. The van der Waals surface area contributed by atoms with E-state index in [9.17, 15) is 14.7 Å². The average Bonchev–Trinajstić information content (AvgIpc) is 2.63. The summed E-state index contributed by atoms with van der Waals surface area (Å²) in [5, 5.41) is 11.8. The zero-order valence-electron chi connectivity index (χ0n) is 9.94. The highest BCUT2D eigenvalue weighted by molar-refractivity contribution is 7.12. The highest BCUT2D eigenvalue weighted by atomic mass is 32.1. The Kier molecular flexibility index (Phi) is 4.65. The van der Waals surface area contributed by atoms with Crippen LogP contribution in [0.15, 0.2) is 6.07 Å². The zero-order valence-corrected chi connectivity index (χ0v) is 10.8. The number of rotatable bonds is 4. The van der Waals surface area contributed by atoms with Gasteiger partial charge in [-0.05, 0) is 19.9 Å². The van der Waals surface area contributed by atoms with Crippen LogP contribution in [0.5, 0.6) is 0 Å². The van der Waals surface area contributed by atoms with Crippen LogP contribution in [0, 0.1) is 13.8 Å². The number of ether oxygens (including phenoxy) is 1. The lowest BCUT2D eigenvalue weighted by Gasteiger charge is -2.09. The zero-order chi connectivity index (χ0) is 13.0. The summed E-state index contributed by atoms with van der Waals surface area (Å²) in [6.45, 7) is 3.61. The Morgan fingerprint density at radius 1 is 1.53 bits per heavy atom. The lowest BCUT2D eigenvalue weighted by molar-refractivity contribution is -0.149. The molecule has 1 unspecified atom stereocenters. The number of hydrogen-bond acceptors (Lipinski definition) is 5. The Morgan fingerprint density at radius 2 is 2.18 bits per heavy atom. The molecule has 0 radical (unpaired) electrons. The van der Waals surface area contributed by atoms with Crippen molar-refractivity contribution < 1.29 is 19.4 Å². The van der Waals surface area contributed by atoms with E-state index in [1.54, 1.807) is 6.07 Å². The van der Waals surface area contributed by atoms with Gasteiger partial charge in [-0.3, -0.25) is 4.79 Å². The molecule has 0 saturated heterocycles. The molecule has 1 rings (SSSR count). The molecule has 1 aromatic heterocycles. The van der Waals surface area contributed by atoms with Gasteiger partial charge >= 0.3 is 5.97 Å². The van der Waals surface area contributed by atoms with E-state index >= 15 is 0 Å². The minimum Gasteiger partial charge on any atom is -0.467 e. The smallest absolute Gasteiger partial charge is 0.336 e. The molecule has 5 nitrogen and oxygen atoms in total. The number of aliphatic hydroxyl groups excluding tert-OH is 1. The first-order valence-corrected chi connectivity index (χ1v) is 5.88. The molecule has 0 spiro atoms. The molecule has 0 aliphatic heterocycles. The number of thiophene rings is 1. The maximum atomic E-state index is 11.7. The lowest BCUT2D eigenvalue weighted by Crippen LogP contribution is -2.37. The molecular formula is C11H15NO4S. The van der Waals surface area contributed by atoms with Crippen LogP contribution in [-0.4, -0.2) is 36.7 Å². The Bertz CT molecular complexity index is 427. The van der Waals surface area contributed by atoms with E-state index in [-0.39, 0.29) is 12.5 Å². The third-order valence-corrected chi connectivity index (χ3v) is 3.18. The minimum atomic E-state index is -1.33. The molecule has 94 valence electrons. The number of amides is 1. The van der Waals surface area contributed by atoms with Gasteiger partial charge in [0.15, 0.2) is 6.10 Å². The number of hydrogen-bond donors (Lipinski definition) is 2. The fourth-order valence-electron chi connectivity index (χ4n) is 1.36. The van der Waals surface area contributed by atoms with Gasteiger partial charge in [0.25, 0.3) is 5.91 Å². The molecule has 0 aliphatic carbocycles. The Hall–Kier alpha value is -1.40. The fraction of sp³-hybridized carbons (Fsp3) is 0.455. The maximum absolute atomic E-state index is 11.7. The first-order valence-electron chi connectivity index (χ1n) is 5.06. The van der Waals surface area contributed by atoms with E-state index in [0.717, 1.165) is 9.75 Å². The summed E-state index contributed by atoms with van der Waals surface area (Å²) >= 11 is 1.53. The summed E-state index contributed by atoms with van der Waals surface area (Å²) in [5.74, 6) is -1.06. The second kappa shape index (κ2) is 5.79. The van der Waals surface area contributed by atoms with Crippen molar-refractivity contribution in [3.8, 4) is 0 Å². The normalized spacial score (nSPS) is 12.0. The van der Waals surface area contributed by atoms with Gasteiger partial charge in [0, 0.05) is 9.75 Å². The molecule has 1 heterocycles. The summed E-state index contributed by atoms with van der Waals surface area (Å²) in [7, 11) is 1.18. The predicted molar refractivity (Wildman–Crippen MR) is 64.1 cm³/mol. The van der Waals surface area contributed by atoms with Gasteiger partial charge in [-0.15, -0.1) is 11.3 Å². The maximum Gasteiger partial charge on any atom is 0.336 e. The quantitative estimate of drug-likeness (QED) is 0.776. The van der Waals surface area contributed by atoms with Crippen LogP contribution in [0.2, 0.25) is 0 Å². The van der Waals surface area contributed by atoms with E-state index in [1.807, 2.05) is 13.8 Å². The summed E-state index contributed by atoms with van der Waals surface area (Å²) in [6, 6.07) is 1.78. The van der Waals surface area contributed by atoms with Crippen molar-refractivity contribution >= 4 is 23.2 Å². The van der Waals surface area contributed by atoms with Crippen LogP contribution in [0.1, 0.15) is 20.1 Å². The van der Waals surface area contributed by atoms with Crippen LogP contribution in [-0.2, 0) is 9.53 Å². The van der Waals surface area contributed by atoms with Crippen molar-refractivity contribution in [2.45, 2.75) is 20.0 Å². The molecule has 6 heteroatoms. The second-order valence-corrected chi connectivity index (χ2v) is 5.04. The summed E-state index contributed by atoms with van der Waals surface area (Å²) in [4.78, 5) is 24.6. The van der Waals surface area contributed by atoms with Gasteiger partial charge in [-0.2, -0.15) is 0 Å². The molecule has 0 saturated carbocycles. The molecule has 17 heavy (non-hydrogen) atoms. The van der Waals surface area contributed by atoms with Gasteiger partial charge < -0.3 is 15.2 Å². The Balaban J connectivity index is 2.56. The van der Waals surface area contributed by atoms with Crippen LogP contribution in [0.4, 0.5) is 0 Å². The van der Waals surface area contributed by atoms with Crippen molar-refractivity contribution in [3.05, 3.63) is 21.4 Å². The third kappa shape index (κ3) is 3.54. The molecule has 0 bridgehead atoms. The highest BCUT2D eigenvalue weighted by Crippen LogP contribution is 2.20. The van der Waals surface area contributed by atoms with E-state index in [2.05, 4.69) is 10.1 Å². The standard InChI is InChI=1S/C11H15NO4S/c1-6-4-8(7(2)17-6)10(14)12-5-9(13)11(15)16-3/h4,9,13H,5H2,1-3H3,(H,12,14). The minimum absolute atomic E-state index is 0.153. The van der Waals surface area contributed by atoms with E-state index in [4.69, 9.17) is 0 Å². The molecule has 0 fully saturated rings. The van der Waals surface area contributed by atoms with Crippen LogP contribution < -0.4 is 5.32 Å². The van der Waals surface area contributed by atoms with Crippen molar-refractivity contribution in [2.24, 2.45) is 0 Å². The summed E-state index contributed by atoms with van der Waals surface area (Å²) in [5.41, 5.74) is 0.574. The number of carbonyl (C=O) groups excluding carboxylic acids is 2. The molecular weight excluding hydrogens is 242 g/mol. The average molecular weight is 257 g/mol. The van der Waals surface area contributed by atoms with E-state index in [1.165, 1.54) is 18.4 Å². The van der Waals surface area contributed by atoms with Gasteiger partial charge in [0.05, 0.1) is 19.2 Å². The molecule has 0 aliphatic rings. The topological polar surface area (TPSA) is 75.6 Å². The first-order chi connectivity index (χ1) is 7.95. The monoisotopic (exact) mass is 257 g/mol. The Labute approximate surface area is 103 Å². The van der Waals surface area contributed by atoms with Crippen LogP contribution in [0.3, 0.4) is 0 Å². The molecule has 1 amide bonds. The summed E-state index contributed by atoms with van der Waals surface area (Å²) in [6.07, 6.45) is -1.33. The number of aryl methyl sites for hydroxylation is 2. The third-order valence-electron chi connectivity index (χ3n) is 2.21. The highest BCUT2D eigenvalue weighted by Gasteiger charge is 2.18. The van der Waals surface area contributed by atoms with E-state index < -0.39 is 12.1 Å². The fourth-order valence-corrected chi connectivity index (χ4v) is 2.28. The second-order valence-electron chi connectivity index (χ2n) is 3.58. The van der Waals surface area contributed by atoms with Gasteiger partial charge in [0.2, 0.25) is 0 Å². The molecule has 1 aromatic rings. The molecule has 2 N–H and O–H groups in total. The van der Waals surface area contributed by atoms with Crippen molar-refractivity contribution in [1.29, 1.82) is 0 Å². The lowest BCUT2D eigenvalue weighted by atomic mass is 10.2. The molecule has 0 aromatic carbocycles. The van der Waals surface area contributed by atoms with Crippen molar-refractivity contribution in [3.63, 3.8) is 0 Å². The number of carbonyl (C=O) groups is 2. The van der Waals surface area contributed by atoms with E-state index in [0.29, 0.717) is 5.56 Å². The number of esters is 1. The van der Waals surface area contributed by atoms with Gasteiger partial charge in [0.1, 0.15) is 0 Å². The van der Waals surface area contributed by atoms with Crippen molar-refractivity contribution in [2.75, 3.05) is 13.7 Å². The van der Waals surface area contributed by atoms with Crippen LogP contribution >= 0.6 is 11.3 Å². The summed E-state index contributed by atoms with van der Waals surface area (Å²) < 4.78 is 4.34. The largest absolute Gasteiger partial charge is 0.467 e. The SMILES string of the molecule is COC(=O)C(O)CNC(=O)c1cc(C)sc1C. The van der Waals surface area contributed by atoms with Gasteiger partial charge in [-0.25, -0.2) is 4.79 Å². The Morgan fingerprint density at radius 3 is 2.65 bits per heavy atom. The first kappa shape index (κ1) is 13.7. The number of aliphatic hydroxyl groups is 1. The number of methoxy groups -OCH3 is 1. The number of nitrogens with one attached hydrogen (secondary N) is 1.